The van der Waals surface area contributed by atoms with Gasteiger partial charge < -0.3 is 15.0 Å². The Morgan fingerprint density at radius 3 is 2.74 bits per heavy atom. The quantitative estimate of drug-likeness (QED) is 0.635. The van der Waals surface area contributed by atoms with Gasteiger partial charge in [0, 0.05) is 19.3 Å². The zero-order valence-corrected chi connectivity index (χ0v) is 16.4. The molecule has 0 amide bonds. The van der Waals surface area contributed by atoms with Crippen molar-refractivity contribution in [3.8, 4) is 17.1 Å². The van der Waals surface area contributed by atoms with Gasteiger partial charge in [-0.1, -0.05) is 20.3 Å². The first kappa shape index (κ1) is 18.9. The van der Waals surface area contributed by atoms with Gasteiger partial charge in [-0.2, -0.15) is 5.10 Å². The number of nitrogens with zero attached hydrogens (tertiary/aromatic N) is 3. The SMILES string of the molecule is CCCOc1ccc(NCC)cc1-c1nc2c(CCC)nn(C)c2c(=O)[nH]1. The fraction of sp³-hybridized carbons (Fsp3) is 0.450. The highest BCUT2D eigenvalue weighted by Crippen LogP contribution is 2.31. The third-order valence-electron chi connectivity index (χ3n) is 4.33. The van der Waals surface area contributed by atoms with Gasteiger partial charge in [-0.3, -0.25) is 9.48 Å². The largest absolute Gasteiger partial charge is 0.493 e. The van der Waals surface area contributed by atoms with E-state index in [1.807, 2.05) is 25.1 Å². The van der Waals surface area contributed by atoms with Gasteiger partial charge in [-0.05, 0) is 38.0 Å². The molecule has 0 unspecified atom stereocenters. The van der Waals surface area contributed by atoms with Crippen LogP contribution in [0.25, 0.3) is 22.4 Å². The summed E-state index contributed by atoms with van der Waals surface area (Å²) in [6.07, 6.45) is 2.63. The van der Waals surface area contributed by atoms with Crippen molar-refractivity contribution in [2.75, 3.05) is 18.5 Å². The van der Waals surface area contributed by atoms with Crippen LogP contribution in [-0.2, 0) is 13.5 Å². The van der Waals surface area contributed by atoms with Crippen molar-refractivity contribution in [2.45, 2.75) is 40.0 Å². The van der Waals surface area contributed by atoms with E-state index in [0.717, 1.165) is 42.8 Å². The Bertz CT molecular complexity index is 990. The van der Waals surface area contributed by atoms with Crippen molar-refractivity contribution in [3.05, 3.63) is 34.2 Å². The lowest BCUT2D eigenvalue weighted by molar-refractivity contribution is 0.318. The van der Waals surface area contributed by atoms with Crippen molar-refractivity contribution < 1.29 is 4.74 Å². The van der Waals surface area contributed by atoms with Crippen LogP contribution in [-0.4, -0.2) is 32.9 Å². The van der Waals surface area contributed by atoms with Crippen LogP contribution in [0.1, 0.15) is 39.3 Å². The number of fused-ring (bicyclic) bond motifs is 1. The average molecular weight is 369 g/mol. The third-order valence-corrected chi connectivity index (χ3v) is 4.33. The molecular formula is C20H27N5O2. The van der Waals surface area contributed by atoms with Gasteiger partial charge in [0.05, 0.1) is 17.9 Å². The van der Waals surface area contributed by atoms with Gasteiger partial charge in [0.2, 0.25) is 0 Å². The summed E-state index contributed by atoms with van der Waals surface area (Å²) in [5, 5.41) is 7.78. The number of aromatic amines is 1. The lowest BCUT2D eigenvalue weighted by atomic mass is 10.1. The molecule has 0 bridgehead atoms. The number of benzene rings is 1. The molecule has 3 aromatic rings. The van der Waals surface area contributed by atoms with E-state index in [4.69, 9.17) is 9.72 Å². The van der Waals surface area contributed by atoms with E-state index >= 15 is 0 Å². The summed E-state index contributed by atoms with van der Waals surface area (Å²) in [6, 6.07) is 5.86. The van der Waals surface area contributed by atoms with Crippen molar-refractivity contribution in [1.82, 2.24) is 19.7 Å². The number of ether oxygens (including phenoxy) is 1. The van der Waals surface area contributed by atoms with E-state index in [1.54, 1.807) is 11.7 Å². The van der Waals surface area contributed by atoms with Crippen LogP contribution >= 0.6 is 0 Å². The molecule has 0 saturated heterocycles. The minimum atomic E-state index is -0.192. The molecule has 7 nitrogen and oxygen atoms in total. The monoisotopic (exact) mass is 369 g/mol. The first-order valence-corrected chi connectivity index (χ1v) is 9.56. The molecule has 7 heteroatoms. The van der Waals surface area contributed by atoms with Gasteiger partial charge in [0.1, 0.15) is 17.1 Å². The van der Waals surface area contributed by atoms with Crippen LogP contribution < -0.4 is 15.6 Å². The van der Waals surface area contributed by atoms with Crippen LogP contribution in [0.3, 0.4) is 0 Å². The molecule has 0 radical (unpaired) electrons. The van der Waals surface area contributed by atoms with Gasteiger partial charge in [0.25, 0.3) is 5.56 Å². The summed E-state index contributed by atoms with van der Waals surface area (Å²) >= 11 is 0. The molecule has 144 valence electrons. The zero-order valence-electron chi connectivity index (χ0n) is 16.4. The zero-order chi connectivity index (χ0) is 19.4. The number of H-pyrrole nitrogens is 1. The van der Waals surface area contributed by atoms with Crippen molar-refractivity contribution >= 4 is 16.7 Å². The molecule has 0 fully saturated rings. The Balaban J connectivity index is 2.19. The van der Waals surface area contributed by atoms with E-state index in [1.165, 1.54) is 0 Å². The maximum absolute atomic E-state index is 12.7. The summed E-state index contributed by atoms with van der Waals surface area (Å²) in [5.41, 5.74) is 3.55. The topological polar surface area (TPSA) is 84.8 Å². The summed E-state index contributed by atoms with van der Waals surface area (Å²) < 4.78 is 7.51. The molecule has 3 rings (SSSR count). The second-order valence-corrected chi connectivity index (χ2v) is 6.52. The number of nitrogens with one attached hydrogen (secondary N) is 2. The van der Waals surface area contributed by atoms with E-state index < -0.39 is 0 Å². The van der Waals surface area contributed by atoms with E-state index in [9.17, 15) is 4.79 Å². The molecule has 2 heterocycles. The van der Waals surface area contributed by atoms with Crippen LogP contribution in [0.5, 0.6) is 5.75 Å². The number of aryl methyl sites for hydroxylation is 2. The first-order valence-electron chi connectivity index (χ1n) is 9.56. The molecular weight excluding hydrogens is 342 g/mol. The highest BCUT2D eigenvalue weighted by Gasteiger charge is 2.17. The molecule has 2 aromatic heterocycles. The number of rotatable bonds is 8. The fourth-order valence-corrected chi connectivity index (χ4v) is 3.15. The standard InChI is InChI=1S/C20H27N5O2/c1-5-8-15-17-18(25(4)24-15)20(26)23-19(22-17)14-12-13(21-7-3)9-10-16(14)27-11-6-2/h9-10,12,21H,5-8,11H2,1-4H3,(H,22,23,26). The Kier molecular flexibility index (Phi) is 5.78. The van der Waals surface area contributed by atoms with Gasteiger partial charge >= 0.3 is 0 Å². The maximum Gasteiger partial charge on any atom is 0.277 e. The smallest absolute Gasteiger partial charge is 0.277 e. The molecule has 0 spiro atoms. The van der Waals surface area contributed by atoms with Crippen LogP contribution in [0.4, 0.5) is 5.69 Å². The minimum absolute atomic E-state index is 0.192. The van der Waals surface area contributed by atoms with Gasteiger partial charge in [-0.25, -0.2) is 4.98 Å². The van der Waals surface area contributed by atoms with Crippen molar-refractivity contribution in [3.63, 3.8) is 0 Å². The summed E-state index contributed by atoms with van der Waals surface area (Å²) in [4.78, 5) is 20.4. The molecule has 2 N–H and O–H groups in total. The van der Waals surface area contributed by atoms with E-state index in [0.29, 0.717) is 29.2 Å². The summed E-state index contributed by atoms with van der Waals surface area (Å²) in [6.45, 7) is 7.60. The van der Waals surface area contributed by atoms with Crippen LogP contribution in [0.15, 0.2) is 23.0 Å². The third kappa shape index (κ3) is 3.82. The lowest BCUT2D eigenvalue weighted by Gasteiger charge is -2.13. The van der Waals surface area contributed by atoms with Crippen LogP contribution in [0.2, 0.25) is 0 Å². The second kappa shape index (κ2) is 8.24. The molecule has 0 aliphatic carbocycles. The lowest BCUT2D eigenvalue weighted by Crippen LogP contribution is -2.13. The Labute approximate surface area is 158 Å². The summed E-state index contributed by atoms with van der Waals surface area (Å²) in [5.74, 6) is 1.21. The van der Waals surface area contributed by atoms with E-state index in [-0.39, 0.29) is 5.56 Å². The maximum atomic E-state index is 12.7. The highest BCUT2D eigenvalue weighted by atomic mass is 16.5. The van der Waals surface area contributed by atoms with E-state index in [2.05, 4.69) is 29.2 Å². The molecule has 27 heavy (non-hydrogen) atoms. The number of aromatic nitrogens is 4. The predicted octanol–water partition coefficient (Wildman–Crippen LogP) is 3.50. The number of hydrogen-bond donors (Lipinski definition) is 2. The van der Waals surface area contributed by atoms with Gasteiger partial charge in [0.15, 0.2) is 5.52 Å². The summed E-state index contributed by atoms with van der Waals surface area (Å²) in [7, 11) is 1.78. The molecule has 0 aliphatic heterocycles. The fourth-order valence-electron chi connectivity index (χ4n) is 3.15. The number of hydrogen-bond acceptors (Lipinski definition) is 5. The predicted molar refractivity (Wildman–Crippen MR) is 109 cm³/mol. The van der Waals surface area contributed by atoms with Crippen molar-refractivity contribution in [1.29, 1.82) is 0 Å². The average Bonchev–Trinajstić information content (AvgIpc) is 2.97. The van der Waals surface area contributed by atoms with Crippen LogP contribution in [0, 0.1) is 0 Å². The Hall–Kier alpha value is -2.83. The Morgan fingerprint density at radius 2 is 2.04 bits per heavy atom. The van der Waals surface area contributed by atoms with Crippen molar-refractivity contribution in [2.24, 2.45) is 7.05 Å². The molecule has 0 saturated carbocycles. The Morgan fingerprint density at radius 1 is 1.22 bits per heavy atom. The second-order valence-electron chi connectivity index (χ2n) is 6.52. The molecule has 0 atom stereocenters. The molecule has 1 aromatic carbocycles. The first-order chi connectivity index (χ1) is 13.1. The minimum Gasteiger partial charge on any atom is -0.493 e. The number of anilines is 1. The van der Waals surface area contributed by atoms with Gasteiger partial charge in [-0.15, -0.1) is 0 Å². The normalized spacial score (nSPS) is 11.1. The highest BCUT2D eigenvalue weighted by molar-refractivity contribution is 5.80. The molecule has 0 aliphatic rings.